The molecule has 0 unspecified atom stereocenters. The van der Waals surface area contributed by atoms with Crippen molar-refractivity contribution in [2.75, 3.05) is 0 Å². The van der Waals surface area contributed by atoms with Crippen LogP contribution in [0.15, 0.2) is 27.1 Å². The standard InChI is InChI=1S/C10H3Br2Cl2FN2/c11-6-3-4(15)1-2-5(6)10-16-8(13)7(12)9(14)17-10/h1-3H. The molecule has 17 heavy (non-hydrogen) atoms. The van der Waals surface area contributed by atoms with Crippen LogP contribution in [0.25, 0.3) is 11.4 Å². The Labute approximate surface area is 123 Å². The van der Waals surface area contributed by atoms with Gasteiger partial charge in [-0.2, -0.15) is 0 Å². The van der Waals surface area contributed by atoms with Gasteiger partial charge in [0, 0.05) is 10.0 Å². The van der Waals surface area contributed by atoms with Crippen LogP contribution in [0.5, 0.6) is 0 Å². The molecule has 0 bridgehead atoms. The van der Waals surface area contributed by atoms with Crippen molar-refractivity contribution in [1.29, 1.82) is 0 Å². The zero-order chi connectivity index (χ0) is 12.6. The number of nitrogens with zero attached hydrogens (tertiary/aromatic N) is 2. The molecule has 0 N–H and O–H groups in total. The molecule has 0 saturated carbocycles. The molecule has 2 aromatic rings. The molecule has 2 nitrogen and oxygen atoms in total. The summed E-state index contributed by atoms with van der Waals surface area (Å²) in [6.45, 7) is 0. The zero-order valence-corrected chi connectivity index (χ0v) is 12.7. The van der Waals surface area contributed by atoms with Gasteiger partial charge in [-0.05, 0) is 50.1 Å². The van der Waals surface area contributed by atoms with Gasteiger partial charge in [0.1, 0.15) is 16.1 Å². The van der Waals surface area contributed by atoms with Gasteiger partial charge in [0.2, 0.25) is 0 Å². The van der Waals surface area contributed by atoms with Gasteiger partial charge in [0.05, 0.1) is 4.47 Å². The Bertz CT molecular complexity index is 570. The molecule has 0 aliphatic rings. The molecule has 2 rings (SSSR count). The van der Waals surface area contributed by atoms with E-state index < -0.39 is 0 Å². The van der Waals surface area contributed by atoms with Gasteiger partial charge in [-0.15, -0.1) is 0 Å². The fraction of sp³-hybridized carbons (Fsp3) is 0. The fourth-order valence-corrected chi connectivity index (χ4v) is 2.28. The smallest absolute Gasteiger partial charge is 0.163 e. The van der Waals surface area contributed by atoms with Gasteiger partial charge >= 0.3 is 0 Å². The van der Waals surface area contributed by atoms with Crippen LogP contribution in [-0.2, 0) is 0 Å². The Morgan fingerprint density at radius 3 is 2.18 bits per heavy atom. The number of hydrogen-bond donors (Lipinski definition) is 0. The molecular formula is C10H3Br2Cl2FN2. The second kappa shape index (κ2) is 5.18. The number of aromatic nitrogens is 2. The van der Waals surface area contributed by atoms with Crippen LogP contribution in [-0.4, -0.2) is 9.97 Å². The van der Waals surface area contributed by atoms with Crippen molar-refractivity contribution < 1.29 is 4.39 Å². The second-order valence-electron chi connectivity index (χ2n) is 3.07. The Morgan fingerprint density at radius 2 is 1.65 bits per heavy atom. The summed E-state index contributed by atoms with van der Waals surface area (Å²) in [4.78, 5) is 8.13. The highest BCUT2D eigenvalue weighted by atomic mass is 79.9. The molecule has 1 aromatic heterocycles. The lowest BCUT2D eigenvalue weighted by molar-refractivity contribution is 0.627. The van der Waals surface area contributed by atoms with E-state index >= 15 is 0 Å². The summed E-state index contributed by atoms with van der Waals surface area (Å²) in [7, 11) is 0. The summed E-state index contributed by atoms with van der Waals surface area (Å²) in [5.41, 5.74) is 0.614. The highest BCUT2D eigenvalue weighted by Crippen LogP contribution is 2.32. The SMILES string of the molecule is Fc1ccc(-c2nc(Cl)c(Br)c(Cl)n2)c(Br)c1. The molecule has 0 fully saturated rings. The zero-order valence-electron chi connectivity index (χ0n) is 8.02. The Morgan fingerprint density at radius 1 is 1.06 bits per heavy atom. The summed E-state index contributed by atoms with van der Waals surface area (Å²) in [6.07, 6.45) is 0. The van der Waals surface area contributed by atoms with E-state index in [2.05, 4.69) is 41.8 Å². The first-order chi connectivity index (χ1) is 7.99. The van der Waals surface area contributed by atoms with Gasteiger partial charge in [-0.3, -0.25) is 0 Å². The van der Waals surface area contributed by atoms with Crippen LogP contribution in [0.3, 0.4) is 0 Å². The van der Waals surface area contributed by atoms with Crippen molar-refractivity contribution in [3.63, 3.8) is 0 Å². The first-order valence-electron chi connectivity index (χ1n) is 4.33. The van der Waals surface area contributed by atoms with Crippen LogP contribution in [0.2, 0.25) is 10.3 Å². The predicted molar refractivity (Wildman–Crippen MR) is 72.8 cm³/mol. The maximum atomic E-state index is 13.0. The fourth-order valence-electron chi connectivity index (χ4n) is 1.19. The van der Waals surface area contributed by atoms with Crippen molar-refractivity contribution in [2.45, 2.75) is 0 Å². The van der Waals surface area contributed by atoms with Crippen molar-refractivity contribution in [1.82, 2.24) is 9.97 Å². The average molecular weight is 401 g/mol. The molecule has 7 heteroatoms. The minimum atomic E-state index is -0.352. The van der Waals surface area contributed by atoms with E-state index in [1.165, 1.54) is 12.1 Å². The van der Waals surface area contributed by atoms with Crippen molar-refractivity contribution in [3.05, 3.63) is 43.3 Å². The minimum absolute atomic E-state index is 0.205. The number of benzene rings is 1. The maximum Gasteiger partial charge on any atom is 0.163 e. The lowest BCUT2D eigenvalue weighted by Crippen LogP contribution is -1.93. The largest absolute Gasteiger partial charge is 0.215 e. The van der Waals surface area contributed by atoms with Crippen LogP contribution in [0, 0.1) is 5.82 Å². The van der Waals surface area contributed by atoms with Crippen molar-refractivity contribution in [2.24, 2.45) is 0 Å². The van der Waals surface area contributed by atoms with Gasteiger partial charge < -0.3 is 0 Å². The van der Waals surface area contributed by atoms with Crippen LogP contribution >= 0.6 is 55.1 Å². The number of halogens is 5. The lowest BCUT2D eigenvalue weighted by atomic mass is 10.2. The van der Waals surface area contributed by atoms with Gasteiger partial charge in [0.15, 0.2) is 5.82 Å². The predicted octanol–water partition coefficient (Wildman–Crippen LogP) is 5.11. The molecule has 1 aromatic carbocycles. The van der Waals surface area contributed by atoms with E-state index in [4.69, 9.17) is 23.2 Å². The first kappa shape index (κ1) is 13.2. The van der Waals surface area contributed by atoms with Crippen LogP contribution < -0.4 is 0 Å². The van der Waals surface area contributed by atoms with Gasteiger partial charge in [0.25, 0.3) is 0 Å². The Balaban J connectivity index is 2.61. The highest BCUT2D eigenvalue weighted by Gasteiger charge is 2.13. The molecule has 0 radical (unpaired) electrons. The molecule has 0 aliphatic heterocycles. The topological polar surface area (TPSA) is 25.8 Å². The van der Waals surface area contributed by atoms with E-state index in [1.54, 1.807) is 6.07 Å². The molecule has 0 saturated heterocycles. The van der Waals surface area contributed by atoms with Crippen molar-refractivity contribution in [3.8, 4) is 11.4 Å². The van der Waals surface area contributed by atoms with Crippen LogP contribution in [0.1, 0.15) is 0 Å². The molecule has 1 heterocycles. The Hall–Kier alpha value is -0.230. The average Bonchev–Trinajstić information content (AvgIpc) is 2.25. The van der Waals surface area contributed by atoms with E-state index in [-0.39, 0.29) is 16.1 Å². The molecule has 0 aliphatic carbocycles. The molecule has 88 valence electrons. The van der Waals surface area contributed by atoms with Gasteiger partial charge in [-0.1, -0.05) is 23.2 Å². The van der Waals surface area contributed by atoms with E-state index in [0.29, 0.717) is 20.3 Å². The second-order valence-corrected chi connectivity index (χ2v) is 5.43. The third-order valence-electron chi connectivity index (χ3n) is 1.94. The minimum Gasteiger partial charge on any atom is -0.215 e. The molecule has 0 atom stereocenters. The summed E-state index contributed by atoms with van der Waals surface area (Å²) < 4.78 is 13.9. The third-order valence-corrected chi connectivity index (χ3v) is 4.35. The highest BCUT2D eigenvalue weighted by molar-refractivity contribution is 9.11. The van der Waals surface area contributed by atoms with Crippen molar-refractivity contribution >= 4 is 55.1 Å². The quantitative estimate of drug-likeness (QED) is 0.621. The molecular weight excluding hydrogens is 398 g/mol. The molecule has 0 amide bonds. The number of hydrogen-bond acceptors (Lipinski definition) is 2. The lowest BCUT2D eigenvalue weighted by Gasteiger charge is -2.05. The summed E-state index contributed by atoms with van der Waals surface area (Å²) >= 11 is 18.2. The maximum absolute atomic E-state index is 13.0. The summed E-state index contributed by atoms with van der Waals surface area (Å²) in [5.74, 6) is -0.0231. The Kier molecular flexibility index (Phi) is 4.02. The summed E-state index contributed by atoms with van der Waals surface area (Å²) in [5, 5.41) is 0.410. The third kappa shape index (κ3) is 2.78. The first-order valence-corrected chi connectivity index (χ1v) is 6.67. The summed E-state index contributed by atoms with van der Waals surface area (Å²) in [6, 6.07) is 4.19. The normalized spacial score (nSPS) is 10.6. The van der Waals surface area contributed by atoms with Crippen LogP contribution in [0.4, 0.5) is 4.39 Å². The van der Waals surface area contributed by atoms with E-state index in [9.17, 15) is 4.39 Å². The van der Waals surface area contributed by atoms with Gasteiger partial charge in [-0.25, -0.2) is 14.4 Å². The molecule has 0 spiro atoms. The number of rotatable bonds is 1. The monoisotopic (exact) mass is 398 g/mol. The van der Waals surface area contributed by atoms with E-state index in [1.807, 2.05) is 0 Å². The van der Waals surface area contributed by atoms with E-state index in [0.717, 1.165) is 0 Å².